The van der Waals surface area contributed by atoms with Gasteiger partial charge in [-0.05, 0) is 43.4 Å². The summed E-state index contributed by atoms with van der Waals surface area (Å²) in [6.07, 6.45) is 2.95. The summed E-state index contributed by atoms with van der Waals surface area (Å²) in [6.45, 7) is 9.02. The van der Waals surface area contributed by atoms with E-state index in [9.17, 15) is 9.50 Å². The van der Waals surface area contributed by atoms with Crippen molar-refractivity contribution in [3.8, 4) is 0 Å². The van der Waals surface area contributed by atoms with Gasteiger partial charge in [0.15, 0.2) is 5.96 Å². The lowest BCUT2D eigenvalue weighted by Crippen LogP contribution is -2.40. The quantitative estimate of drug-likeness (QED) is 0.420. The van der Waals surface area contributed by atoms with Gasteiger partial charge >= 0.3 is 0 Å². The molecule has 28 heavy (non-hydrogen) atoms. The van der Waals surface area contributed by atoms with Crippen molar-refractivity contribution in [1.82, 2.24) is 10.6 Å². The lowest BCUT2D eigenvalue weighted by molar-refractivity contribution is 0.122. The topological polar surface area (TPSA) is 69.1 Å². The van der Waals surface area contributed by atoms with Crippen molar-refractivity contribution in [3.05, 3.63) is 29.6 Å². The number of aliphatic hydroxyl groups excluding tert-OH is 1. The van der Waals surface area contributed by atoms with E-state index in [1.165, 1.54) is 0 Å². The van der Waals surface area contributed by atoms with Gasteiger partial charge in [0.1, 0.15) is 5.82 Å². The Morgan fingerprint density at radius 1 is 1.25 bits per heavy atom. The third kappa shape index (κ3) is 7.28. The van der Waals surface area contributed by atoms with Gasteiger partial charge in [-0.2, -0.15) is 0 Å². The third-order valence-corrected chi connectivity index (χ3v) is 4.92. The molecule has 158 valence electrons. The maximum atomic E-state index is 14.5. The highest BCUT2D eigenvalue weighted by Gasteiger charge is 2.15. The van der Waals surface area contributed by atoms with E-state index in [1.807, 2.05) is 24.0 Å². The first-order chi connectivity index (χ1) is 13.7. The number of hydrogen-bond acceptors (Lipinski definition) is 4. The molecule has 3 N–H and O–H groups in total. The van der Waals surface area contributed by atoms with E-state index in [-0.39, 0.29) is 12.4 Å². The van der Waals surface area contributed by atoms with Gasteiger partial charge in [-0.15, -0.1) is 0 Å². The van der Waals surface area contributed by atoms with Crippen LogP contribution in [0.3, 0.4) is 0 Å². The second-order valence-electron chi connectivity index (χ2n) is 7.13. The van der Waals surface area contributed by atoms with E-state index in [2.05, 4.69) is 22.5 Å². The van der Waals surface area contributed by atoms with Crippen molar-refractivity contribution in [1.29, 1.82) is 0 Å². The molecule has 1 aliphatic rings. The Hall–Kier alpha value is -1.86. The van der Waals surface area contributed by atoms with Gasteiger partial charge < -0.3 is 25.4 Å². The zero-order valence-corrected chi connectivity index (χ0v) is 17.2. The summed E-state index contributed by atoms with van der Waals surface area (Å²) in [6, 6.07) is 5.35. The largest absolute Gasteiger partial charge is 0.396 e. The number of aliphatic hydroxyl groups is 1. The number of morpholine rings is 1. The molecular weight excluding hydrogens is 359 g/mol. The van der Waals surface area contributed by atoms with Crippen molar-refractivity contribution in [2.75, 3.05) is 50.9 Å². The van der Waals surface area contributed by atoms with Gasteiger partial charge in [0.2, 0.25) is 0 Å². The number of halogens is 1. The lowest BCUT2D eigenvalue weighted by Gasteiger charge is -2.29. The van der Waals surface area contributed by atoms with E-state index < -0.39 is 0 Å². The number of nitrogens with one attached hydrogen (secondary N) is 2. The highest BCUT2D eigenvalue weighted by Crippen LogP contribution is 2.22. The van der Waals surface area contributed by atoms with Crippen LogP contribution in [0, 0.1) is 11.7 Å². The first-order valence-corrected chi connectivity index (χ1v) is 10.4. The van der Waals surface area contributed by atoms with Gasteiger partial charge in [0.05, 0.1) is 25.4 Å². The fraction of sp³-hybridized carbons (Fsp3) is 0.667. The van der Waals surface area contributed by atoms with Crippen LogP contribution in [0.15, 0.2) is 23.2 Å². The minimum atomic E-state index is -0.210. The van der Waals surface area contributed by atoms with Crippen molar-refractivity contribution < 1.29 is 14.2 Å². The number of hydrogen-bond donors (Lipinski definition) is 3. The van der Waals surface area contributed by atoms with Crippen molar-refractivity contribution >= 4 is 11.6 Å². The van der Waals surface area contributed by atoms with Crippen molar-refractivity contribution in [2.24, 2.45) is 10.9 Å². The number of guanidine groups is 1. The number of aliphatic imine (C=N–C) groups is 1. The summed E-state index contributed by atoms with van der Waals surface area (Å²) >= 11 is 0. The third-order valence-electron chi connectivity index (χ3n) is 4.92. The van der Waals surface area contributed by atoms with Crippen LogP contribution in [0.5, 0.6) is 0 Å². The summed E-state index contributed by atoms with van der Waals surface area (Å²) < 4.78 is 19.9. The zero-order chi connectivity index (χ0) is 20.2. The van der Waals surface area contributed by atoms with Crippen molar-refractivity contribution in [2.45, 2.75) is 39.7 Å². The number of benzene rings is 1. The Morgan fingerprint density at radius 2 is 2.04 bits per heavy atom. The minimum Gasteiger partial charge on any atom is -0.396 e. The molecule has 0 bridgehead atoms. The average Bonchev–Trinajstić information content (AvgIpc) is 2.71. The SMILES string of the molecule is CCCC(CCO)CNC(=NCc1ccc(N2CCOCC2)c(F)c1)NCC. The second kappa shape index (κ2) is 12.6. The van der Waals surface area contributed by atoms with Crippen LogP contribution in [0.2, 0.25) is 0 Å². The fourth-order valence-corrected chi connectivity index (χ4v) is 3.40. The number of nitrogens with zero attached hydrogens (tertiary/aromatic N) is 2. The lowest BCUT2D eigenvalue weighted by atomic mass is 10.0. The number of rotatable bonds is 10. The van der Waals surface area contributed by atoms with Gasteiger partial charge in [-0.25, -0.2) is 9.38 Å². The Balaban J connectivity index is 1.96. The molecule has 0 saturated carbocycles. The predicted octanol–water partition coefficient (Wildman–Crippen LogP) is 2.52. The summed E-state index contributed by atoms with van der Waals surface area (Å²) in [5.41, 5.74) is 1.47. The molecule has 0 aliphatic carbocycles. The average molecular weight is 395 g/mol. The molecule has 0 radical (unpaired) electrons. The summed E-state index contributed by atoms with van der Waals surface area (Å²) in [7, 11) is 0. The molecular formula is C21H35FN4O2. The molecule has 1 atom stereocenters. The number of ether oxygens (including phenoxy) is 1. The predicted molar refractivity (Wildman–Crippen MR) is 112 cm³/mol. The second-order valence-corrected chi connectivity index (χ2v) is 7.13. The maximum Gasteiger partial charge on any atom is 0.191 e. The van der Waals surface area contributed by atoms with E-state index in [1.54, 1.807) is 6.07 Å². The molecule has 1 unspecified atom stereocenters. The van der Waals surface area contributed by atoms with Crippen LogP contribution in [-0.2, 0) is 11.3 Å². The van der Waals surface area contributed by atoms with Gasteiger partial charge in [-0.1, -0.05) is 19.4 Å². The van der Waals surface area contributed by atoms with E-state index >= 15 is 0 Å². The molecule has 1 aromatic rings. The normalized spacial score (nSPS) is 16.1. The smallest absolute Gasteiger partial charge is 0.191 e. The molecule has 2 rings (SSSR count). The zero-order valence-electron chi connectivity index (χ0n) is 17.2. The molecule has 1 aromatic carbocycles. The first-order valence-electron chi connectivity index (χ1n) is 10.4. The Morgan fingerprint density at radius 3 is 2.68 bits per heavy atom. The standard InChI is InChI=1S/C21H35FN4O2/c1-3-5-17(8-11-27)15-24-21(23-4-2)25-16-18-6-7-20(19(22)14-18)26-9-12-28-13-10-26/h6-7,14,17,27H,3-5,8-13,15-16H2,1-2H3,(H2,23,24,25). The molecule has 0 amide bonds. The summed E-state index contributed by atoms with van der Waals surface area (Å²) in [5, 5.41) is 15.8. The van der Waals surface area contributed by atoms with Crippen LogP contribution in [0.1, 0.15) is 38.7 Å². The summed E-state index contributed by atoms with van der Waals surface area (Å²) in [5.74, 6) is 0.932. The molecule has 6 nitrogen and oxygen atoms in total. The molecule has 0 aromatic heterocycles. The van der Waals surface area contributed by atoms with Gasteiger partial charge in [0, 0.05) is 32.8 Å². The van der Waals surface area contributed by atoms with Crippen LogP contribution in [-0.4, -0.2) is 57.1 Å². The molecule has 1 aliphatic heterocycles. The van der Waals surface area contributed by atoms with Crippen LogP contribution >= 0.6 is 0 Å². The molecule has 1 fully saturated rings. The Labute approximate surface area is 168 Å². The van der Waals surface area contributed by atoms with Crippen LogP contribution in [0.25, 0.3) is 0 Å². The maximum absolute atomic E-state index is 14.5. The molecule has 1 saturated heterocycles. The highest BCUT2D eigenvalue weighted by molar-refractivity contribution is 5.79. The van der Waals surface area contributed by atoms with Crippen molar-refractivity contribution in [3.63, 3.8) is 0 Å². The number of anilines is 1. The fourth-order valence-electron chi connectivity index (χ4n) is 3.40. The minimum absolute atomic E-state index is 0.203. The Bertz CT molecular complexity index is 600. The van der Waals surface area contributed by atoms with E-state index in [4.69, 9.17) is 4.74 Å². The molecule has 0 spiro atoms. The van der Waals surface area contributed by atoms with Gasteiger partial charge in [-0.3, -0.25) is 0 Å². The molecule has 1 heterocycles. The first kappa shape index (κ1) is 22.4. The van der Waals surface area contributed by atoms with Gasteiger partial charge in [0.25, 0.3) is 0 Å². The van der Waals surface area contributed by atoms with E-state index in [0.717, 1.165) is 57.0 Å². The van der Waals surface area contributed by atoms with E-state index in [0.29, 0.717) is 31.4 Å². The Kier molecular flexibility index (Phi) is 10.1. The monoisotopic (exact) mass is 394 g/mol. The van der Waals surface area contributed by atoms with Crippen LogP contribution in [0.4, 0.5) is 10.1 Å². The summed E-state index contributed by atoms with van der Waals surface area (Å²) in [4.78, 5) is 6.61. The molecule has 7 heteroatoms. The van der Waals surface area contributed by atoms with Crippen LogP contribution < -0.4 is 15.5 Å². The highest BCUT2D eigenvalue weighted by atomic mass is 19.1.